The molecule has 0 aliphatic heterocycles. The van der Waals surface area contributed by atoms with Crippen LogP contribution in [0.2, 0.25) is 5.02 Å². The number of carboxylic acids is 1. The van der Waals surface area contributed by atoms with Crippen molar-refractivity contribution in [3.8, 4) is 10.4 Å². The third-order valence-corrected chi connectivity index (χ3v) is 3.69. The number of halogens is 3. The Morgan fingerprint density at radius 2 is 1.94 bits per heavy atom. The minimum Gasteiger partial charge on any atom is -0.477 e. The minimum atomic E-state index is -1.21. The van der Waals surface area contributed by atoms with Gasteiger partial charge >= 0.3 is 5.97 Å². The highest BCUT2D eigenvalue weighted by Gasteiger charge is 2.17. The van der Waals surface area contributed by atoms with Gasteiger partial charge in [0.1, 0.15) is 16.5 Å². The van der Waals surface area contributed by atoms with Crippen molar-refractivity contribution in [3.63, 3.8) is 0 Å². The predicted molar refractivity (Wildman–Crippen MR) is 66.1 cm³/mol. The Balaban J connectivity index is 2.59. The van der Waals surface area contributed by atoms with Crippen LogP contribution >= 0.6 is 22.9 Å². The minimum absolute atomic E-state index is 0.0114. The molecule has 7 heteroatoms. The maximum atomic E-state index is 13.6. The molecule has 1 aromatic carbocycles. The van der Waals surface area contributed by atoms with E-state index in [1.54, 1.807) is 0 Å². The molecule has 94 valence electrons. The molecule has 0 radical (unpaired) electrons. The van der Waals surface area contributed by atoms with E-state index in [9.17, 15) is 13.6 Å². The Kier molecular flexibility index (Phi) is 3.23. The summed E-state index contributed by atoms with van der Waals surface area (Å²) in [6.45, 7) is 0. The summed E-state index contributed by atoms with van der Waals surface area (Å²) in [5.41, 5.74) is 5.43. The molecule has 0 spiro atoms. The van der Waals surface area contributed by atoms with Gasteiger partial charge in [0.15, 0.2) is 0 Å². The van der Waals surface area contributed by atoms with Crippen LogP contribution in [0.4, 0.5) is 14.5 Å². The monoisotopic (exact) mass is 289 g/mol. The van der Waals surface area contributed by atoms with Gasteiger partial charge in [-0.1, -0.05) is 11.6 Å². The number of hydrogen-bond donors (Lipinski definition) is 2. The number of hydrogen-bond acceptors (Lipinski definition) is 3. The van der Waals surface area contributed by atoms with E-state index in [1.807, 2.05) is 0 Å². The van der Waals surface area contributed by atoms with E-state index in [1.165, 1.54) is 6.07 Å². The van der Waals surface area contributed by atoms with Crippen molar-refractivity contribution in [2.75, 3.05) is 5.73 Å². The molecule has 3 nitrogen and oxygen atoms in total. The Morgan fingerprint density at radius 1 is 1.28 bits per heavy atom. The first-order chi connectivity index (χ1) is 8.40. The van der Waals surface area contributed by atoms with Crippen molar-refractivity contribution in [2.24, 2.45) is 0 Å². The Morgan fingerprint density at radius 3 is 2.50 bits per heavy atom. The number of nitrogen functional groups attached to an aromatic ring is 1. The van der Waals surface area contributed by atoms with Crippen LogP contribution in [0.3, 0.4) is 0 Å². The molecule has 0 atom stereocenters. The van der Waals surface area contributed by atoms with Crippen LogP contribution in [0.25, 0.3) is 10.4 Å². The molecule has 2 rings (SSSR count). The zero-order chi connectivity index (χ0) is 13.4. The largest absolute Gasteiger partial charge is 0.477 e. The van der Waals surface area contributed by atoms with Gasteiger partial charge in [0.05, 0.1) is 10.7 Å². The summed E-state index contributed by atoms with van der Waals surface area (Å²) in [6.07, 6.45) is 0. The summed E-state index contributed by atoms with van der Waals surface area (Å²) < 4.78 is 26.9. The van der Waals surface area contributed by atoms with Gasteiger partial charge in [-0.2, -0.15) is 0 Å². The summed E-state index contributed by atoms with van der Waals surface area (Å²) in [6, 6.07) is 3.04. The van der Waals surface area contributed by atoms with Gasteiger partial charge in [0.2, 0.25) is 0 Å². The van der Waals surface area contributed by atoms with Crippen molar-refractivity contribution < 1.29 is 18.7 Å². The van der Waals surface area contributed by atoms with Crippen molar-refractivity contribution in [1.82, 2.24) is 0 Å². The topological polar surface area (TPSA) is 63.3 Å². The molecule has 0 bridgehead atoms. The molecule has 0 aliphatic carbocycles. The quantitative estimate of drug-likeness (QED) is 0.830. The molecule has 0 unspecified atom stereocenters. The molecular formula is C11H6ClF2NO2S. The van der Waals surface area contributed by atoms with E-state index in [0.717, 1.165) is 23.5 Å². The lowest BCUT2D eigenvalue weighted by atomic mass is 10.1. The Bertz CT molecular complexity index is 642. The van der Waals surface area contributed by atoms with Crippen LogP contribution in [0, 0.1) is 11.6 Å². The third kappa shape index (κ3) is 2.16. The van der Waals surface area contributed by atoms with Crippen molar-refractivity contribution >= 4 is 34.6 Å². The van der Waals surface area contributed by atoms with Gasteiger partial charge in [-0.15, -0.1) is 11.3 Å². The van der Waals surface area contributed by atoms with Crippen LogP contribution in [0.1, 0.15) is 9.67 Å². The molecule has 1 heterocycles. The molecular weight excluding hydrogens is 284 g/mol. The Hall–Kier alpha value is -1.66. The fourth-order valence-corrected chi connectivity index (χ4v) is 2.50. The molecule has 1 aromatic heterocycles. The summed E-state index contributed by atoms with van der Waals surface area (Å²) in [5.74, 6) is -2.73. The normalized spacial score (nSPS) is 10.6. The van der Waals surface area contributed by atoms with Crippen LogP contribution in [0.5, 0.6) is 0 Å². The number of carboxylic acid groups (broad SMARTS) is 1. The molecule has 0 aliphatic rings. The SMILES string of the molecule is Nc1cc(-c2cc(F)c(Cl)cc2F)sc1C(=O)O. The van der Waals surface area contributed by atoms with Gasteiger partial charge in [-0.3, -0.25) is 0 Å². The third-order valence-electron chi connectivity index (χ3n) is 2.23. The number of aromatic carboxylic acids is 1. The highest BCUT2D eigenvalue weighted by molar-refractivity contribution is 7.17. The fraction of sp³-hybridized carbons (Fsp3) is 0. The van der Waals surface area contributed by atoms with E-state index < -0.39 is 17.6 Å². The molecule has 18 heavy (non-hydrogen) atoms. The standard InChI is InChI=1S/C11H6ClF2NO2S/c12-5-2-6(13)4(1-7(5)14)9-3-8(15)10(18-9)11(16)17/h1-3H,15H2,(H,16,17). The van der Waals surface area contributed by atoms with E-state index >= 15 is 0 Å². The first-order valence-corrected chi connectivity index (χ1v) is 5.87. The van der Waals surface area contributed by atoms with Crippen LogP contribution in [0.15, 0.2) is 18.2 Å². The number of rotatable bonds is 2. The highest BCUT2D eigenvalue weighted by atomic mass is 35.5. The molecule has 0 saturated heterocycles. The average Bonchev–Trinajstić information content (AvgIpc) is 2.65. The number of thiophene rings is 1. The summed E-state index contributed by atoms with van der Waals surface area (Å²) in [5, 5.41) is 8.50. The van der Waals surface area contributed by atoms with E-state index in [4.69, 9.17) is 22.4 Å². The van der Waals surface area contributed by atoms with E-state index in [0.29, 0.717) is 0 Å². The second-order valence-corrected chi connectivity index (χ2v) is 4.91. The maximum absolute atomic E-state index is 13.6. The van der Waals surface area contributed by atoms with Gasteiger partial charge < -0.3 is 10.8 Å². The Labute approximate surface area is 109 Å². The number of anilines is 1. The number of nitrogens with two attached hydrogens (primary N) is 1. The van der Waals surface area contributed by atoms with Gasteiger partial charge in [0.25, 0.3) is 0 Å². The van der Waals surface area contributed by atoms with Crippen molar-refractivity contribution in [2.45, 2.75) is 0 Å². The fourth-order valence-electron chi connectivity index (χ4n) is 1.42. The first-order valence-electron chi connectivity index (χ1n) is 4.67. The zero-order valence-electron chi connectivity index (χ0n) is 8.71. The smallest absolute Gasteiger partial charge is 0.348 e. The average molecular weight is 290 g/mol. The van der Waals surface area contributed by atoms with Crippen molar-refractivity contribution in [3.05, 3.63) is 39.7 Å². The van der Waals surface area contributed by atoms with E-state index in [2.05, 4.69) is 0 Å². The first kappa shape index (κ1) is 12.8. The maximum Gasteiger partial charge on any atom is 0.348 e. The van der Waals surface area contributed by atoms with Gasteiger partial charge in [0, 0.05) is 10.4 Å². The summed E-state index contributed by atoms with van der Waals surface area (Å²) in [4.78, 5) is 10.9. The number of benzene rings is 1. The van der Waals surface area contributed by atoms with E-state index in [-0.39, 0.29) is 26.0 Å². The molecule has 0 saturated carbocycles. The molecule has 0 fully saturated rings. The lowest BCUT2D eigenvalue weighted by Crippen LogP contribution is -1.96. The van der Waals surface area contributed by atoms with Crippen LogP contribution in [-0.2, 0) is 0 Å². The predicted octanol–water partition coefficient (Wildman–Crippen LogP) is 3.63. The van der Waals surface area contributed by atoms with Gasteiger partial charge in [-0.05, 0) is 18.2 Å². The zero-order valence-corrected chi connectivity index (χ0v) is 10.3. The van der Waals surface area contributed by atoms with Crippen molar-refractivity contribution in [1.29, 1.82) is 0 Å². The lowest BCUT2D eigenvalue weighted by molar-refractivity contribution is 0.0703. The van der Waals surface area contributed by atoms with Crippen LogP contribution < -0.4 is 5.73 Å². The molecule has 0 amide bonds. The van der Waals surface area contributed by atoms with Crippen LogP contribution in [-0.4, -0.2) is 11.1 Å². The molecule has 2 aromatic rings. The second-order valence-electron chi connectivity index (χ2n) is 3.45. The highest BCUT2D eigenvalue weighted by Crippen LogP contribution is 2.36. The number of carbonyl (C=O) groups is 1. The summed E-state index contributed by atoms with van der Waals surface area (Å²) in [7, 11) is 0. The van der Waals surface area contributed by atoms with Gasteiger partial charge in [-0.25, -0.2) is 13.6 Å². The lowest BCUT2D eigenvalue weighted by Gasteiger charge is -2.01. The molecule has 3 N–H and O–H groups in total. The second kappa shape index (κ2) is 4.55. The summed E-state index contributed by atoms with van der Waals surface area (Å²) >= 11 is 6.21.